The predicted octanol–water partition coefficient (Wildman–Crippen LogP) is 4.08. The van der Waals surface area contributed by atoms with Gasteiger partial charge < -0.3 is 5.32 Å². The SMILES string of the molecule is CC(C)CNCC(c1cccc(Cl)c1)C1CC1. The summed E-state index contributed by atoms with van der Waals surface area (Å²) in [6.45, 7) is 6.68. The molecule has 0 heterocycles. The standard InChI is InChI=1S/C15H22ClN/c1-11(2)9-17-10-15(12-6-7-12)13-4-3-5-14(16)8-13/h3-5,8,11-12,15,17H,6-7,9-10H2,1-2H3. The van der Waals surface area contributed by atoms with Gasteiger partial charge in [-0.3, -0.25) is 0 Å². The molecule has 1 fully saturated rings. The maximum Gasteiger partial charge on any atom is 0.0408 e. The highest BCUT2D eigenvalue weighted by atomic mass is 35.5. The molecule has 1 aliphatic rings. The van der Waals surface area contributed by atoms with Crippen LogP contribution in [0.1, 0.15) is 38.2 Å². The van der Waals surface area contributed by atoms with Crippen LogP contribution in [0.2, 0.25) is 5.02 Å². The summed E-state index contributed by atoms with van der Waals surface area (Å²) < 4.78 is 0. The summed E-state index contributed by atoms with van der Waals surface area (Å²) in [4.78, 5) is 0. The van der Waals surface area contributed by atoms with Gasteiger partial charge in [-0.2, -0.15) is 0 Å². The van der Waals surface area contributed by atoms with E-state index >= 15 is 0 Å². The molecule has 1 N–H and O–H groups in total. The van der Waals surface area contributed by atoms with E-state index in [4.69, 9.17) is 11.6 Å². The highest BCUT2D eigenvalue weighted by Crippen LogP contribution is 2.42. The van der Waals surface area contributed by atoms with Gasteiger partial charge in [0.25, 0.3) is 0 Å². The highest BCUT2D eigenvalue weighted by molar-refractivity contribution is 6.30. The van der Waals surface area contributed by atoms with Crippen LogP contribution in [0.15, 0.2) is 24.3 Å². The van der Waals surface area contributed by atoms with Crippen LogP contribution in [0.4, 0.5) is 0 Å². The summed E-state index contributed by atoms with van der Waals surface area (Å²) in [5, 5.41) is 4.44. The second-order valence-electron chi connectivity index (χ2n) is 5.55. The Labute approximate surface area is 110 Å². The molecule has 0 radical (unpaired) electrons. The molecule has 1 nitrogen and oxygen atoms in total. The van der Waals surface area contributed by atoms with E-state index < -0.39 is 0 Å². The molecule has 0 aromatic heterocycles. The second kappa shape index (κ2) is 5.88. The fourth-order valence-electron chi connectivity index (χ4n) is 2.32. The second-order valence-corrected chi connectivity index (χ2v) is 5.99. The van der Waals surface area contributed by atoms with E-state index in [2.05, 4.69) is 37.4 Å². The van der Waals surface area contributed by atoms with Crippen LogP contribution in [0.5, 0.6) is 0 Å². The normalized spacial score (nSPS) is 17.4. The van der Waals surface area contributed by atoms with E-state index in [1.807, 2.05) is 6.07 Å². The van der Waals surface area contributed by atoms with Gasteiger partial charge in [-0.15, -0.1) is 0 Å². The minimum absolute atomic E-state index is 0.646. The lowest BCUT2D eigenvalue weighted by Crippen LogP contribution is -2.26. The average Bonchev–Trinajstić information content (AvgIpc) is 3.08. The quantitative estimate of drug-likeness (QED) is 0.803. The molecule has 0 amide bonds. The molecule has 1 aliphatic carbocycles. The number of benzene rings is 1. The molecule has 1 aromatic carbocycles. The molecule has 2 rings (SSSR count). The van der Waals surface area contributed by atoms with E-state index in [1.165, 1.54) is 18.4 Å². The Morgan fingerprint density at radius 2 is 2.06 bits per heavy atom. The fraction of sp³-hybridized carbons (Fsp3) is 0.600. The third-order valence-electron chi connectivity index (χ3n) is 3.38. The molecule has 0 bridgehead atoms. The van der Waals surface area contributed by atoms with Crippen LogP contribution in [0.3, 0.4) is 0 Å². The Kier molecular flexibility index (Phi) is 4.47. The van der Waals surface area contributed by atoms with E-state index in [1.54, 1.807) is 0 Å². The average molecular weight is 252 g/mol. The molecule has 2 heteroatoms. The summed E-state index contributed by atoms with van der Waals surface area (Å²) in [5.41, 5.74) is 1.40. The van der Waals surface area contributed by atoms with Crippen LogP contribution in [-0.2, 0) is 0 Å². The molecule has 94 valence electrons. The van der Waals surface area contributed by atoms with E-state index in [9.17, 15) is 0 Å². The Bertz CT molecular complexity index is 358. The zero-order chi connectivity index (χ0) is 12.3. The molecule has 17 heavy (non-hydrogen) atoms. The summed E-state index contributed by atoms with van der Waals surface area (Å²) >= 11 is 6.08. The van der Waals surface area contributed by atoms with Crippen LogP contribution in [0.25, 0.3) is 0 Å². The van der Waals surface area contributed by atoms with Crippen LogP contribution < -0.4 is 5.32 Å². The van der Waals surface area contributed by atoms with Gasteiger partial charge in [0.2, 0.25) is 0 Å². The molecule has 0 spiro atoms. The predicted molar refractivity (Wildman–Crippen MR) is 74.6 cm³/mol. The molecular weight excluding hydrogens is 230 g/mol. The van der Waals surface area contributed by atoms with Gasteiger partial charge in [0.1, 0.15) is 0 Å². The van der Waals surface area contributed by atoms with Crippen molar-refractivity contribution in [3.8, 4) is 0 Å². The monoisotopic (exact) mass is 251 g/mol. The fourth-order valence-corrected chi connectivity index (χ4v) is 2.52. The lowest BCUT2D eigenvalue weighted by molar-refractivity contribution is 0.491. The van der Waals surface area contributed by atoms with Crippen molar-refractivity contribution < 1.29 is 0 Å². The van der Waals surface area contributed by atoms with Crippen LogP contribution in [-0.4, -0.2) is 13.1 Å². The summed E-state index contributed by atoms with van der Waals surface area (Å²) in [6, 6.07) is 8.36. The van der Waals surface area contributed by atoms with Gasteiger partial charge in [-0.25, -0.2) is 0 Å². The van der Waals surface area contributed by atoms with Crippen LogP contribution >= 0.6 is 11.6 Å². The third kappa shape index (κ3) is 4.01. The number of rotatable bonds is 6. The van der Waals surface area contributed by atoms with Crippen molar-refractivity contribution in [1.29, 1.82) is 0 Å². The van der Waals surface area contributed by atoms with E-state index in [-0.39, 0.29) is 0 Å². The Hall–Kier alpha value is -0.530. The van der Waals surface area contributed by atoms with Crippen molar-refractivity contribution in [1.82, 2.24) is 5.32 Å². The molecule has 0 saturated heterocycles. The van der Waals surface area contributed by atoms with Crippen molar-refractivity contribution in [2.24, 2.45) is 11.8 Å². The first-order valence-corrected chi connectivity index (χ1v) is 7.01. The van der Waals surface area contributed by atoms with E-state index in [0.717, 1.165) is 24.0 Å². The lowest BCUT2D eigenvalue weighted by atomic mass is 9.94. The topological polar surface area (TPSA) is 12.0 Å². The van der Waals surface area contributed by atoms with Gasteiger partial charge in [0.05, 0.1) is 0 Å². The maximum atomic E-state index is 6.08. The first-order valence-electron chi connectivity index (χ1n) is 6.63. The van der Waals surface area contributed by atoms with Gasteiger partial charge in [0.15, 0.2) is 0 Å². The van der Waals surface area contributed by atoms with Gasteiger partial charge in [0, 0.05) is 11.6 Å². The van der Waals surface area contributed by atoms with Crippen molar-refractivity contribution in [3.05, 3.63) is 34.9 Å². The van der Waals surface area contributed by atoms with Crippen molar-refractivity contribution in [2.75, 3.05) is 13.1 Å². The van der Waals surface area contributed by atoms with Crippen molar-refractivity contribution >= 4 is 11.6 Å². The maximum absolute atomic E-state index is 6.08. The summed E-state index contributed by atoms with van der Waals surface area (Å²) in [6.07, 6.45) is 2.75. The number of nitrogens with one attached hydrogen (secondary N) is 1. The Morgan fingerprint density at radius 1 is 1.29 bits per heavy atom. The molecule has 1 saturated carbocycles. The van der Waals surface area contributed by atoms with Crippen molar-refractivity contribution in [2.45, 2.75) is 32.6 Å². The smallest absolute Gasteiger partial charge is 0.0408 e. The minimum atomic E-state index is 0.646. The van der Waals surface area contributed by atoms with Gasteiger partial charge in [-0.1, -0.05) is 37.6 Å². The zero-order valence-corrected chi connectivity index (χ0v) is 11.5. The van der Waals surface area contributed by atoms with Crippen LogP contribution in [0, 0.1) is 11.8 Å². The first kappa shape index (κ1) is 12.9. The van der Waals surface area contributed by atoms with Gasteiger partial charge >= 0.3 is 0 Å². The highest BCUT2D eigenvalue weighted by Gasteiger charge is 2.31. The minimum Gasteiger partial charge on any atom is -0.316 e. The third-order valence-corrected chi connectivity index (χ3v) is 3.62. The molecule has 1 atom stereocenters. The number of hydrogen-bond donors (Lipinski definition) is 1. The summed E-state index contributed by atoms with van der Waals surface area (Å²) in [5.74, 6) is 2.23. The zero-order valence-electron chi connectivity index (χ0n) is 10.7. The number of hydrogen-bond acceptors (Lipinski definition) is 1. The number of halogens is 1. The molecular formula is C15H22ClN. The summed E-state index contributed by atoms with van der Waals surface area (Å²) in [7, 11) is 0. The molecule has 1 unspecified atom stereocenters. The van der Waals surface area contributed by atoms with Gasteiger partial charge in [-0.05, 0) is 54.8 Å². The Balaban J connectivity index is 1.97. The molecule has 0 aliphatic heterocycles. The van der Waals surface area contributed by atoms with Crippen molar-refractivity contribution in [3.63, 3.8) is 0 Å². The lowest BCUT2D eigenvalue weighted by Gasteiger charge is -2.18. The first-order chi connectivity index (χ1) is 8.16. The molecule has 1 aromatic rings. The van der Waals surface area contributed by atoms with E-state index in [0.29, 0.717) is 11.8 Å². The Morgan fingerprint density at radius 3 is 2.65 bits per heavy atom. The largest absolute Gasteiger partial charge is 0.316 e.